The van der Waals surface area contributed by atoms with Crippen LogP contribution in [0.15, 0.2) is 11.6 Å². The predicted molar refractivity (Wildman–Crippen MR) is 79.0 cm³/mol. The summed E-state index contributed by atoms with van der Waals surface area (Å²) in [6, 6.07) is 0.556. The highest BCUT2D eigenvalue weighted by Crippen LogP contribution is 2.29. The summed E-state index contributed by atoms with van der Waals surface area (Å²) >= 11 is 0. The lowest BCUT2D eigenvalue weighted by Crippen LogP contribution is -2.35. The Labute approximate surface area is 117 Å². The summed E-state index contributed by atoms with van der Waals surface area (Å²) in [5, 5.41) is 0. The molecule has 1 aliphatic carbocycles. The van der Waals surface area contributed by atoms with Gasteiger partial charge in [-0.25, -0.2) is 0 Å². The molecule has 1 saturated carbocycles. The van der Waals surface area contributed by atoms with Crippen LogP contribution < -0.4 is 0 Å². The lowest BCUT2D eigenvalue weighted by molar-refractivity contribution is -0.129. The van der Waals surface area contributed by atoms with Gasteiger partial charge in [0.05, 0.1) is 0 Å². The average Bonchev–Trinajstić information content (AvgIpc) is 2.98. The van der Waals surface area contributed by atoms with E-state index in [1.54, 1.807) is 0 Å². The van der Waals surface area contributed by atoms with Crippen LogP contribution in [-0.4, -0.2) is 48.4 Å². The minimum absolute atomic E-state index is 0.396. The van der Waals surface area contributed by atoms with Gasteiger partial charge >= 0.3 is 0 Å². The predicted octanol–water partition coefficient (Wildman–Crippen LogP) is 2.68. The Bertz CT molecular complexity index is 345. The van der Waals surface area contributed by atoms with E-state index in [1.807, 2.05) is 0 Å². The van der Waals surface area contributed by atoms with Crippen molar-refractivity contribution in [1.82, 2.24) is 9.80 Å². The number of rotatable bonds is 5. The minimum Gasteiger partial charge on any atom is -0.339 e. The monoisotopic (exact) mass is 264 g/mol. The van der Waals surface area contributed by atoms with Crippen molar-refractivity contribution in [3.8, 4) is 0 Å². The van der Waals surface area contributed by atoms with Gasteiger partial charge in [0.15, 0.2) is 0 Å². The second-order valence-corrected chi connectivity index (χ2v) is 6.39. The lowest BCUT2D eigenvalue weighted by atomic mass is 10.1. The van der Waals surface area contributed by atoms with Gasteiger partial charge in [-0.15, -0.1) is 0 Å². The maximum Gasteiger partial charge on any atom is 0.223 e. The zero-order valence-electron chi connectivity index (χ0n) is 12.7. The van der Waals surface area contributed by atoms with Gasteiger partial charge in [0, 0.05) is 32.1 Å². The van der Waals surface area contributed by atoms with E-state index in [-0.39, 0.29) is 0 Å². The molecule has 0 N–H and O–H groups in total. The Morgan fingerprint density at radius 3 is 2.74 bits per heavy atom. The van der Waals surface area contributed by atoms with Crippen LogP contribution in [0.2, 0.25) is 0 Å². The molecule has 3 heteroatoms. The third-order valence-corrected chi connectivity index (χ3v) is 4.59. The van der Waals surface area contributed by atoms with Gasteiger partial charge in [0.1, 0.15) is 0 Å². The molecule has 2 aliphatic rings. The maximum absolute atomic E-state index is 12.1. The van der Waals surface area contributed by atoms with Gasteiger partial charge in [-0.1, -0.05) is 24.5 Å². The number of carbonyl (C=O) groups is 1. The number of likely N-dealkylation sites (tertiary alicyclic amines) is 1. The molecule has 1 heterocycles. The first-order valence-corrected chi connectivity index (χ1v) is 7.70. The fourth-order valence-corrected chi connectivity index (χ4v) is 3.52. The standard InChI is InChI=1S/C16H28N2O/c1-4-13(2)10-17(3)11-14-9-16(19)18(12-14)15-7-5-6-8-15/h4,14-15H,5-12H2,1-3H3/b13-4+/t14-/m0/s1. The molecule has 2 fully saturated rings. The van der Waals surface area contributed by atoms with Crippen molar-refractivity contribution in [2.24, 2.45) is 5.92 Å². The fraction of sp³-hybridized carbons (Fsp3) is 0.812. The molecule has 0 radical (unpaired) electrons. The van der Waals surface area contributed by atoms with E-state index in [1.165, 1.54) is 31.3 Å². The molecular weight excluding hydrogens is 236 g/mol. The summed E-state index contributed by atoms with van der Waals surface area (Å²) in [5.41, 5.74) is 1.40. The first-order chi connectivity index (χ1) is 9.10. The zero-order valence-corrected chi connectivity index (χ0v) is 12.7. The Morgan fingerprint density at radius 1 is 1.42 bits per heavy atom. The molecule has 0 unspecified atom stereocenters. The second-order valence-electron chi connectivity index (χ2n) is 6.39. The second kappa shape index (κ2) is 6.56. The van der Waals surface area contributed by atoms with Crippen LogP contribution in [0.3, 0.4) is 0 Å². The van der Waals surface area contributed by atoms with Gasteiger partial charge in [-0.2, -0.15) is 0 Å². The third-order valence-electron chi connectivity index (χ3n) is 4.59. The molecule has 0 aromatic carbocycles. The highest BCUT2D eigenvalue weighted by atomic mass is 16.2. The molecule has 0 aromatic heterocycles. The summed E-state index contributed by atoms with van der Waals surface area (Å²) in [6.07, 6.45) is 7.99. The van der Waals surface area contributed by atoms with E-state index in [9.17, 15) is 4.79 Å². The molecule has 1 amide bonds. The van der Waals surface area contributed by atoms with E-state index >= 15 is 0 Å². The Kier molecular flexibility index (Phi) is 5.03. The summed E-state index contributed by atoms with van der Waals surface area (Å²) < 4.78 is 0. The topological polar surface area (TPSA) is 23.6 Å². The minimum atomic E-state index is 0.396. The van der Waals surface area contributed by atoms with Crippen LogP contribution in [0.5, 0.6) is 0 Å². The molecule has 0 spiro atoms. The molecule has 19 heavy (non-hydrogen) atoms. The Hall–Kier alpha value is -0.830. The highest BCUT2D eigenvalue weighted by molar-refractivity contribution is 5.79. The van der Waals surface area contributed by atoms with Crippen LogP contribution in [0, 0.1) is 5.92 Å². The van der Waals surface area contributed by atoms with E-state index < -0.39 is 0 Å². The van der Waals surface area contributed by atoms with Crippen molar-refractivity contribution in [2.75, 3.05) is 26.7 Å². The third kappa shape index (κ3) is 3.82. The van der Waals surface area contributed by atoms with Crippen molar-refractivity contribution >= 4 is 5.91 Å². The van der Waals surface area contributed by atoms with Gasteiger partial charge in [0.25, 0.3) is 0 Å². The molecule has 0 aromatic rings. The first-order valence-electron chi connectivity index (χ1n) is 7.70. The normalized spacial score (nSPS) is 25.9. The molecule has 1 atom stereocenters. The van der Waals surface area contributed by atoms with Gasteiger partial charge in [-0.3, -0.25) is 4.79 Å². The SMILES string of the molecule is C/C=C(\C)CN(C)C[C@@H]1CC(=O)N(C2CCCC2)C1. The Morgan fingerprint density at radius 2 is 2.11 bits per heavy atom. The van der Waals surface area contributed by atoms with Crippen LogP contribution >= 0.6 is 0 Å². The van der Waals surface area contributed by atoms with E-state index in [0.717, 1.165) is 26.1 Å². The number of likely N-dealkylation sites (N-methyl/N-ethyl adjacent to an activating group) is 1. The van der Waals surface area contributed by atoms with Gasteiger partial charge < -0.3 is 9.80 Å². The summed E-state index contributed by atoms with van der Waals surface area (Å²) in [4.78, 5) is 16.7. The fourth-order valence-electron chi connectivity index (χ4n) is 3.52. The van der Waals surface area contributed by atoms with Crippen LogP contribution in [0.1, 0.15) is 46.0 Å². The molecule has 2 rings (SSSR count). The van der Waals surface area contributed by atoms with Crippen LogP contribution in [0.25, 0.3) is 0 Å². The number of hydrogen-bond acceptors (Lipinski definition) is 2. The van der Waals surface area contributed by atoms with Crippen molar-refractivity contribution in [3.63, 3.8) is 0 Å². The van der Waals surface area contributed by atoms with Crippen molar-refractivity contribution in [1.29, 1.82) is 0 Å². The van der Waals surface area contributed by atoms with E-state index in [0.29, 0.717) is 17.9 Å². The average molecular weight is 264 g/mol. The highest BCUT2D eigenvalue weighted by Gasteiger charge is 2.35. The molecule has 0 bridgehead atoms. The molecule has 1 aliphatic heterocycles. The lowest BCUT2D eigenvalue weighted by Gasteiger charge is -2.25. The number of amides is 1. The number of nitrogens with zero attached hydrogens (tertiary/aromatic N) is 2. The number of allylic oxidation sites excluding steroid dienone is 1. The smallest absolute Gasteiger partial charge is 0.223 e. The molecule has 3 nitrogen and oxygen atoms in total. The van der Waals surface area contributed by atoms with Crippen LogP contribution in [-0.2, 0) is 4.79 Å². The summed E-state index contributed by atoms with van der Waals surface area (Å²) in [6.45, 7) is 7.30. The van der Waals surface area contributed by atoms with Crippen LogP contribution in [0.4, 0.5) is 0 Å². The van der Waals surface area contributed by atoms with Crippen molar-refractivity contribution < 1.29 is 4.79 Å². The van der Waals surface area contributed by atoms with Crippen molar-refractivity contribution in [2.45, 2.75) is 52.0 Å². The summed E-state index contributed by atoms with van der Waals surface area (Å²) in [7, 11) is 2.16. The van der Waals surface area contributed by atoms with Gasteiger partial charge in [-0.05, 0) is 39.7 Å². The first kappa shape index (κ1) is 14.6. The molecule has 1 saturated heterocycles. The van der Waals surface area contributed by atoms with Gasteiger partial charge in [0.2, 0.25) is 5.91 Å². The number of hydrogen-bond donors (Lipinski definition) is 0. The largest absolute Gasteiger partial charge is 0.339 e. The molecular formula is C16H28N2O. The quantitative estimate of drug-likeness (QED) is 0.713. The number of carbonyl (C=O) groups excluding carboxylic acids is 1. The Balaban J connectivity index is 1.81. The maximum atomic E-state index is 12.1. The zero-order chi connectivity index (χ0) is 13.8. The van der Waals surface area contributed by atoms with E-state index in [4.69, 9.17) is 0 Å². The van der Waals surface area contributed by atoms with E-state index in [2.05, 4.69) is 36.8 Å². The summed E-state index contributed by atoms with van der Waals surface area (Å²) in [5.74, 6) is 0.927. The van der Waals surface area contributed by atoms with Crippen molar-refractivity contribution in [3.05, 3.63) is 11.6 Å². The molecule has 108 valence electrons.